The Balaban J connectivity index is 1.18. The summed E-state index contributed by atoms with van der Waals surface area (Å²) < 4.78 is 14.4. The van der Waals surface area contributed by atoms with Gasteiger partial charge >= 0.3 is 0 Å². The number of nitrogens with zero attached hydrogens (tertiary/aromatic N) is 6. The largest absolute Gasteiger partial charge is 0.373 e. The third kappa shape index (κ3) is 3.85. The van der Waals surface area contributed by atoms with Gasteiger partial charge in [-0.3, -0.25) is 9.36 Å². The van der Waals surface area contributed by atoms with Crippen LogP contribution in [0, 0.1) is 6.92 Å². The molecule has 4 aromatic rings. The molecule has 0 amide bonds. The van der Waals surface area contributed by atoms with E-state index in [1.165, 1.54) is 10.9 Å². The van der Waals surface area contributed by atoms with Gasteiger partial charge in [-0.15, -0.1) is 0 Å². The highest BCUT2D eigenvalue weighted by atomic mass is 35.5. The molecule has 6 rings (SSSR count). The molecule has 176 valence electrons. The van der Waals surface area contributed by atoms with Gasteiger partial charge in [0.25, 0.3) is 5.56 Å². The van der Waals surface area contributed by atoms with Crippen molar-refractivity contribution in [1.29, 1.82) is 0 Å². The zero-order valence-electron chi connectivity index (χ0n) is 18.4. The summed E-state index contributed by atoms with van der Waals surface area (Å²) in [7, 11) is 0. The summed E-state index contributed by atoms with van der Waals surface area (Å²) in [4.78, 5) is 22.1. The Morgan fingerprint density at radius 3 is 2.82 bits per heavy atom. The molecule has 2 fully saturated rings. The quantitative estimate of drug-likeness (QED) is 0.424. The molecule has 0 spiro atoms. The summed E-state index contributed by atoms with van der Waals surface area (Å²) in [5, 5.41) is 15.8. The minimum Gasteiger partial charge on any atom is -0.373 e. The molecule has 0 saturated carbocycles. The van der Waals surface area contributed by atoms with E-state index < -0.39 is 0 Å². The van der Waals surface area contributed by atoms with E-state index in [-0.39, 0.29) is 30.2 Å². The molecule has 0 radical (unpaired) electrons. The molecule has 0 unspecified atom stereocenters. The van der Waals surface area contributed by atoms with Gasteiger partial charge in [0.1, 0.15) is 12.9 Å². The van der Waals surface area contributed by atoms with E-state index in [0.717, 1.165) is 25.1 Å². The summed E-state index contributed by atoms with van der Waals surface area (Å²) in [5.41, 5.74) is 1.89. The Morgan fingerprint density at radius 2 is 2.06 bits per heavy atom. The number of fused-ring (bicyclic) bond motifs is 1. The average Bonchev–Trinajstić information content (AvgIpc) is 3.53. The maximum Gasteiger partial charge on any atom is 0.280 e. The number of hydrogen-bond acceptors (Lipinski definition) is 9. The maximum absolute atomic E-state index is 13.1. The van der Waals surface area contributed by atoms with E-state index in [2.05, 4.69) is 30.9 Å². The lowest BCUT2D eigenvalue weighted by atomic mass is 10.0. The van der Waals surface area contributed by atoms with Gasteiger partial charge in [0, 0.05) is 24.0 Å². The first-order valence-corrected chi connectivity index (χ1v) is 11.5. The van der Waals surface area contributed by atoms with Crippen molar-refractivity contribution in [2.24, 2.45) is 0 Å². The van der Waals surface area contributed by atoms with Crippen LogP contribution in [0.5, 0.6) is 0 Å². The lowest BCUT2D eigenvalue weighted by Crippen LogP contribution is -2.51. The fraction of sp³-hybridized carbons (Fsp3) is 0.409. The SMILES string of the molecule is Cc1nc(NC2CNC2)n2ncn(Cc3nc([C@@H]4CO[C@@H](c5ccc(Cl)cc5)C4)no3)c(=O)c12. The fourth-order valence-electron chi connectivity index (χ4n) is 4.32. The Bertz CT molecular complexity index is 1390. The predicted molar refractivity (Wildman–Crippen MR) is 123 cm³/mol. The summed E-state index contributed by atoms with van der Waals surface area (Å²) in [6.45, 7) is 4.15. The second-order valence-corrected chi connectivity index (χ2v) is 9.13. The van der Waals surface area contributed by atoms with Gasteiger partial charge < -0.3 is 19.9 Å². The van der Waals surface area contributed by atoms with E-state index in [0.29, 0.717) is 40.5 Å². The van der Waals surface area contributed by atoms with Crippen LogP contribution in [0.25, 0.3) is 5.52 Å². The predicted octanol–water partition coefficient (Wildman–Crippen LogP) is 1.91. The highest BCUT2D eigenvalue weighted by Gasteiger charge is 2.31. The van der Waals surface area contributed by atoms with Gasteiger partial charge in [-0.05, 0) is 31.0 Å². The van der Waals surface area contributed by atoms with E-state index in [1.807, 2.05) is 24.3 Å². The molecule has 1 aromatic carbocycles. The van der Waals surface area contributed by atoms with E-state index >= 15 is 0 Å². The standard InChI is InChI=1S/C22H23ClN8O3/c1-12-19-21(32)30(11-25-31(19)22(26-12)27-16-7-24-8-16)9-18-28-20(29-34-18)14-6-17(33-10-14)13-2-4-15(23)5-3-13/h2-5,11,14,16-17,24H,6-10H2,1H3,(H,26,27)/t14-,17+/m0/s1. The summed E-state index contributed by atoms with van der Waals surface area (Å²) in [6.07, 6.45) is 2.18. The average molecular weight is 483 g/mol. The normalized spacial score (nSPS) is 20.6. The van der Waals surface area contributed by atoms with Gasteiger partial charge in [0.05, 0.1) is 24.4 Å². The molecule has 2 N–H and O–H groups in total. The molecule has 11 nitrogen and oxygen atoms in total. The van der Waals surface area contributed by atoms with Gasteiger partial charge in [-0.25, -0.2) is 4.98 Å². The topological polar surface area (TPSA) is 124 Å². The maximum atomic E-state index is 13.1. The number of rotatable bonds is 6. The third-order valence-corrected chi connectivity index (χ3v) is 6.56. The van der Waals surface area contributed by atoms with Gasteiger partial charge in [0.15, 0.2) is 11.3 Å². The Labute approximate surface area is 199 Å². The van der Waals surface area contributed by atoms with E-state index in [9.17, 15) is 4.79 Å². The number of hydrogen-bond donors (Lipinski definition) is 2. The van der Waals surface area contributed by atoms with Gasteiger partial charge in [-0.1, -0.05) is 28.9 Å². The molecular formula is C22H23ClN8O3. The number of imidazole rings is 1. The molecule has 34 heavy (non-hydrogen) atoms. The Kier molecular flexibility index (Phi) is 5.31. The summed E-state index contributed by atoms with van der Waals surface area (Å²) in [5.74, 6) is 1.51. The van der Waals surface area contributed by atoms with Crippen molar-refractivity contribution < 1.29 is 9.26 Å². The molecule has 2 aliphatic rings. The first kappa shape index (κ1) is 21.3. The first-order chi connectivity index (χ1) is 16.5. The number of nitrogens with one attached hydrogen (secondary N) is 2. The van der Waals surface area contributed by atoms with Crippen LogP contribution >= 0.6 is 11.6 Å². The van der Waals surface area contributed by atoms with E-state index in [1.54, 1.807) is 11.4 Å². The molecule has 2 aliphatic heterocycles. The number of halogens is 1. The monoisotopic (exact) mass is 482 g/mol. The lowest BCUT2D eigenvalue weighted by Gasteiger charge is -2.27. The molecule has 0 aliphatic carbocycles. The minimum atomic E-state index is -0.216. The van der Waals surface area contributed by atoms with E-state index in [4.69, 9.17) is 20.9 Å². The second kappa shape index (κ2) is 8.49. The van der Waals surface area contributed by atoms with Crippen molar-refractivity contribution >= 4 is 23.1 Å². The molecule has 5 heterocycles. The van der Waals surface area contributed by atoms with Crippen LogP contribution in [0.1, 0.15) is 41.4 Å². The van der Waals surface area contributed by atoms with Crippen LogP contribution < -0.4 is 16.2 Å². The molecule has 2 atom stereocenters. The van der Waals surface area contributed by atoms with Gasteiger partial charge in [-0.2, -0.15) is 14.6 Å². The van der Waals surface area contributed by atoms with Crippen molar-refractivity contribution in [2.45, 2.75) is 38.0 Å². The van der Waals surface area contributed by atoms with Crippen LogP contribution in [-0.4, -0.2) is 55.0 Å². The number of aromatic nitrogens is 6. The van der Waals surface area contributed by atoms with Crippen molar-refractivity contribution in [3.05, 3.63) is 68.9 Å². The highest BCUT2D eigenvalue weighted by molar-refractivity contribution is 6.30. The molecule has 0 bridgehead atoms. The van der Waals surface area contributed by atoms with Crippen LogP contribution in [0.2, 0.25) is 5.02 Å². The molecule has 3 aromatic heterocycles. The number of ether oxygens (including phenoxy) is 1. The number of benzene rings is 1. The number of anilines is 1. The fourth-order valence-corrected chi connectivity index (χ4v) is 4.44. The zero-order chi connectivity index (χ0) is 23.2. The van der Waals surface area contributed by atoms with Crippen molar-refractivity contribution in [3.8, 4) is 0 Å². The summed E-state index contributed by atoms with van der Waals surface area (Å²) in [6, 6.07) is 7.93. The van der Waals surface area contributed by atoms with Crippen LogP contribution in [0.4, 0.5) is 5.95 Å². The van der Waals surface area contributed by atoms with Gasteiger partial charge in [0.2, 0.25) is 11.8 Å². The second-order valence-electron chi connectivity index (χ2n) is 8.70. The van der Waals surface area contributed by atoms with Crippen molar-refractivity contribution in [2.75, 3.05) is 25.0 Å². The minimum absolute atomic E-state index is 0.0159. The third-order valence-electron chi connectivity index (χ3n) is 6.31. The van der Waals surface area contributed by atoms with Crippen LogP contribution in [0.15, 0.2) is 39.9 Å². The summed E-state index contributed by atoms with van der Waals surface area (Å²) >= 11 is 5.98. The van der Waals surface area contributed by atoms with Crippen molar-refractivity contribution in [1.82, 2.24) is 34.6 Å². The Morgan fingerprint density at radius 1 is 1.24 bits per heavy atom. The smallest absolute Gasteiger partial charge is 0.280 e. The zero-order valence-corrected chi connectivity index (χ0v) is 19.2. The lowest BCUT2D eigenvalue weighted by molar-refractivity contribution is 0.110. The molecular weight excluding hydrogens is 460 g/mol. The first-order valence-electron chi connectivity index (χ1n) is 11.2. The number of aryl methyl sites for hydroxylation is 1. The molecule has 2 saturated heterocycles. The van der Waals surface area contributed by atoms with Crippen LogP contribution in [0.3, 0.4) is 0 Å². The highest BCUT2D eigenvalue weighted by Crippen LogP contribution is 2.37. The molecule has 12 heteroatoms. The van der Waals surface area contributed by atoms with Crippen LogP contribution in [-0.2, 0) is 11.3 Å². The Hall–Kier alpha value is -3.28. The van der Waals surface area contributed by atoms with Crippen molar-refractivity contribution in [3.63, 3.8) is 0 Å².